The van der Waals surface area contributed by atoms with Gasteiger partial charge in [-0.05, 0) is 31.0 Å². The Hall–Kier alpha value is -2.48. The summed E-state index contributed by atoms with van der Waals surface area (Å²) in [6.45, 7) is 6.34. The molecule has 7 nitrogen and oxygen atoms in total. The largest absolute Gasteiger partial charge is 0.451 e. The van der Waals surface area contributed by atoms with E-state index in [4.69, 9.17) is 4.74 Å². The smallest absolute Gasteiger partial charge is 0.348 e. The first kappa shape index (κ1) is 19.3. The van der Waals surface area contributed by atoms with Gasteiger partial charge in [-0.15, -0.1) is 11.3 Å². The monoisotopic (exact) mass is 388 g/mol. The van der Waals surface area contributed by atoms with Gasteiger partial charge in [-0.3, -0.25) is 4.79 Å². The average Bonchev–Trinajstić information content (AvgIpc) is 3.07. The van der Waals surface area contributed by atoms with Gasteiger partial charge in [0.25, 0.3) is 5.91 Å². The number of aromatic nitrogens is 2. The summed E-state index contributed by atoms with van der Waals surface area (Å²) in [6, 6.07) is 3.66. The van der Waals surface area contributed by atoms with Gasteiger partial charge in [0.05, 0.1) is 0 Å². The third-order valence-electron chi connectivity index (χ3n) is 4.54. The molecule has 3 heterocycles. The molecule has 0 bridgehead atoms. The zero-order chi connectivity index (χ0) is 19.2. The van der Waals surface area contributed by atoms with Crippen LogP contribution in [0.3, 0.4) is 0 Å². The van der Waals surface area contributed by atoms with Crippen molar-refractivity contribution in [3.8, 4) is 0 Å². The topological polar surface area (TPSA) is 75.6 Å². The summed E-state index contributed by atoms with van der Waals surface area (Å²) >= 11 is 1.43. The summed E-state index contributed by atoms with van der Waals surface area (Å²) in [6.07, 6.45) is 5.39. The molecule has 2 aromatic rings. The Bertz CT molecular complexity index is 786. The van der Waals surface area contributed by atoms with Crippen LogP contribution < -0.4 is 4.90 Å². The number of piperazine rings is 1. The lowest BCUT2D eigenvalue weighted by Gasteiger charge is -2.34. The molecule has 3 rings (SSSR count). The van der Waals surface area contributed by atoms with Gasteiger partial charge in [-0.2, -0.15) is 0 Å². The fourth-order valence-corrected chi connectivity index (χ4v) is 4.00. The normalized spacial score (nSPS) is 14.3. The van der Waals surface area contributed by atoms with Gasteiger partial charge in [0.1, 0.15) is 4.88 Å². The lowest BCUT2D eigenvalue weighted by atomic mass is 10.1. The molecule has 144 valence electrons. The first-order valence-electron chi connectivity index (χ1n) is 9.14. The summed E-state index contributed by atoms with van der Waals surface area (Å²) in [5.74, 6) is 0.0844. The number of hydrogen-bond acceptors (Lipinski definition) is 7. The zero-order valence-corrected chi connectivity index (χ0v) is 16.5. The molecule has 2 aromatic heterocycles. The van der Waals surface area contributed by atoms with E-state index in [0.29, 0.717) is 37.0 Å². The van der Waals surface area contributed by atoms with Gasteiger partial charge in [-0.25, -0.2) is 14.8 Å². The number of esters is 1. The highest BCUT2D eigenvalue weighted by Crippen LogP contribution is 2.23. The number of aryl methyl sites for hydroxylation is 2. The third kappa shape index (κ3) is 4.82. The predicted molar refractivity (Wildman–Crippen MR) is 104 cm³/mol. The van der Waals surface area contributed by atoms with Gasteiger partial charge in [-0.1, -0.05) is 13.3 Å². The van der Waals surface area contributed by atoms with Crippen LogP contribution in [0.2, 0.25) is 0 Å². The minimum absolute atomic E-state index is 0.168. The van der Waals surface area contributed by atoms with E-state index in [-0.39, 0.29) is 12.5 Å². The number of hydrogen-bond donors (Lipinski definition) is 0. The molecule has 1 aliphatic heterocycles. The maximum atomic E-state index is 12.4. The summed E-state index contributed by atoms with van der Waals surface area (Å²) in [5.41, 5.74) is 1.18. The molecule has 0 unspecified atom stereocenters. The summed E-state index contributed by atoms with van der Waals surface area (Å²) in [4.78, 5) is 38.5. The first-order valence-corrected chi connectivity index (χ1v) is 9.96. The highest BCUT2D eigenvalue weighted by atomic mass is 32.1. The molecule has 1 amide bonds. The molecule has 1 saturated heterocycles. The van der Waals surface area contributed by atoms with E-state index >= 15 is 0 Å². The van der Waals surface area contributed by atoms with Gasteiger partial charge in [0, 0.05) is 43.4 Å². The van der Waals surface area contributed by atoms with Crippen molar-refractivity contribution in [2.45, 2.75) is 26.7 Å². The molecule has 0 aliphatic carbocycles. The molecule has 27 heavy (non-hydrogen) atoms. The van der Waals surface area contributed by atoms with Crippen molar-refractivity contribution in [1.82, 2.24) is 14.9 Å². The Morgan fingerprint density at radius 2 is 1.89 bits per heavy atom. The summed E-state index contributed by atoms with van der Waals surface area (Å²) < 4.78 is 5.24. The molecular weight excluding hydrogens is 364 g/mol. The van der Waals surface area contributed by atoms with Crippen LogP contribution in [0, 0.1) is 6.92 Å². The van der Waals surface area contributed by atoms with Crippen molar-refractivity contribution in [2.24, 2.45) is 0 Å². The minimum atomic E-state index is -0.421. The second kappa shape index (κ2) is 8.94. The number of nitrogens with zero attached hydrogens (tertiary/aromatic N) is 4. The molecule has 0 N–H and O–H groups in total. The number of anilines is 1. The highest BCUT2D eigenvalue weighted by Gasteiger charge is 2.23. The van der Waals surface area contributed by atoms with E-state index in [1.54, 1.807) is 23.4 Å². The predicted octanol–water partition coefficient (Wildman–Crippen LogP) is 2.30. The van der Waals surface area contributed by atoms with E-state index < -0.39 is 5.97 Å². The highest BCUT2D eigenvalue weighted by molar-refractivity contribution is 7.14. The molecule has 8 heteroatoms. The quantitative estimate of drug-likeness (QED) is 0.707. The van der Waals surface area contributed by atoms with Crippen LogP contribution in [0.25, 0.3) is 0 Å². The third-order valence-corrected chi connectivity index (χ3v) is 5.61. The lowest BCUT2D eigenvalue weighted by molar-refractivity contribution is -0.134. The van der Waals surface area contributed by atoms with Gasteiger partial charge >= 0.3 is 5.97 Å². The molecule has 1 fully saturated rings. The lowest BCUT2D eigenvalue weighted by Crippen LogP contribution is -2.50. The molecule has 0 atom stereocenters. The standard InChI is InChI=1S/C19H24N4O3S/c1-3-5-15-12-16(27-14(15)2)18(25)26-13-17(24)22-8-10-23(11-9-22)19-20-6-4-7-21-19/h4,6-7,12H,3,5,8-11,13H2,1-2H3. The average molecular weight is 388 g/mol. The zero-order valence-electron chi connectivity index (χ0n) is 15.7. The number of carbonyl (C=O) groups excluding carboxylic acids is 2. The molecule has 0 aromatic carbocycles. The Morgan fingerprint density at radius 3 is 2.56 bits per heavy atom. The van der Waals surface area contributed by atoms with Crippen LogP contribution in [0.15, 0.2) is 24.5 Å². The van der Waals surface area contributed by atoms with Crippen LogP contribution in [0.1, 0.15) is 33.5 Å². The maximum Gasteiger partial charge on any atom is 0.348 e. The fraction of sp³-hybridized carbons (Fsp3) is 0.474. The van der Waals surface area contributed by atoms with Gasteiger partial charge < -0.3 is 14.5 Å². The van der Waals surface area contributed by atoms with Gasteiger partial charge in [0.15, 0.2) is 6.61 Å². The van der Waals surface area contributed by atoms with E-state index in [1.165, 1.54) is 16.9 Å². The van der Waals surface area contributed by atoms with Crippen molar-refractivity contribution < 1.29 is 14.3 Å². The number of rotatable bonds is 6. The summed E-state index contributed by atoms with van der Waals surface area (Å²) in [7, 11) is 0. The van der Waals surface area contributed by atoms with Crippen molar-refractivity contribution in [1.29, 1.82) is 0 Å². The van der Waals surface area contributed by atoms with E-state index in [2.05, 4.69) is 16.9 Å². The fourth-order valence-electron chi connectivity index (χ4n) is 3.04. The molecule has 0 radical (unpaired) electrons. The molecular formula is C19H24N4O3S. The Labute approximate surface area is 163 Å². The van der Waals surface area contributed by atoms with E-state index in [0.717, 1.165) is 17.7 Å². The van der Waals surface area contributed by atoms with Crippen molar-refractivity contribution in [2.75, 3.05) is 37.7 Å². The Morgan fingerprint density at radius 1 is 1.19 bits per heavy atom. The molecule has 0 saturated carbocycles. The Balaban J connectivity index is 1.47. The van der Waals surface area contributed by atoms with Crippen molar-refractivity contribution in [3.05, 3.63) is 39.8 Å². The van der Waals surface area contributed by atoms with Crippen molar-refractivity contribution >= 4 is 29.2 Å². The van der Waals surface area contributed by atoms with Crippen LogP contribution in [0.5, 0.6) is 0 Å². The van der Waals surface area contributed by atoms with E-state index in [1.807, 2.05) is 17.9 Å². The first-order chi connectivity index (χ1) is 13.1. The maximum absolute atomic E-state index is 12.4. The molecule has 0 spiro atoms. The SMILES string of the molecule is CCCc1cc(C(=O)OCC(=O)N2CCN(c3ncccn3)CC2)sc1C. The van der Waals surface area contributed by atoms with E-state index in [9.17, 15) is 9.59 Å². The number of thiophene rings is 1. The number of amides is 1. The number of carbonyl (C=O) groups is 2. The van der Waals surface area contributed by atoms with Crippen LogP contribution >= 0.6 is 11.3 Å². The second-order valence-corrected chi connectivity index (χ2v) is 7.69. The van der Waals surface area contributed by atoms with Gasteiger partial charge in [0.2, 0.25) is 5.95 Å². The van der Waals surface area contributed by atoms with Crippen LogP contribution in [-0.4, -0.2) is 59.5 Å². The Kier molecular flexibility index (Phi) is 6.39. The number of ether oxygens (including phenoxy) is 1. The van der Waals surface area contributed by atoms with Crippen molar-refractivity contribution in [3.63, 3.8) is 0 Å². The summed E-state index contributed by atoms with van der Waals surface area (Å²) in [5, 5.41) is 0. The minimum Gasteiger partial charge on any atom is -0.451 e. The van der Waals surface area contributed by atoms with Crippen LogP contribution in [-0.2, 0) is 16.0 Å². The van der Waals surface area contributed by atoms with Crippen LogP contribution in [0.4, 0.5) is 5.95 Å². The molecule has 1 aliphatic rings. The second-order valence-electron chi connectivity index (χ2n) is 6.43.